The van der Waals surface area contributed by atoms with Crippen LogP contribution in [-0.2, 0) is 16.1 Å². The van der Waals surface area contributed by atoms with Crippen molar-refractivity contribution in [3.8, 4) is 0 Å². The molecule has 0 spiro atoms. The highest BCUT2D eigenvalue weighted by Gasteiger charge is 2.11. The number of halogens is 1. The SMILES string of the molecule is O=C(CSc1nncn1Cc1ccco1)NCC(=O)Nc1ccc(F)cc1. The van der Waals surface area contributed by atoms with Crippen LogP contribution in [0.5, 0.6) is 0 Å². The number of hydrogen-bond donors (Lipinski definition) is 2. The predicted molar refractivity (Wildman–Crippen MR) is 96.6 cm³/mol. The van der Waals surface area contributed by atoms with Crippen LogP contribution in [0.3, 0.4) is 0 Å². The fourth-order valence-electron chi connectivity index (χ4n) is 2.13. The summed E-state index contributed by atoms with van der Waals surface area (Å²) in [6.07, 6.45) is 3.13. The van der Waals surface area contributed by atoms with E-state index in [1.165, 1.54) is 36.0 Å². The number of benzene rings is 1. The molecule has 3 rings (SSSR count). The molecule has 27 heavy (non-hydrogen) atoms. The van der Waals surface area contributed by atoms with Crippen molar-refractivity contribution in [1.82, 2.24) is 20.1 Å². The number of nitrogens with one attached hydrogen (secondary N) is 2. The summed E-state index contributed by atoms with van der Waals surface area (Å²) in [5.74, 6) is -0.278. The van der Waals surface area contributed by atoms with Gasteiger partial charge in [0.15, 0.2) is 5.16 Å². The van der Waals surface area contributed by atoms with Gasteiger partial charge in [-0.1, -0.05) is 11.8 Å². The summed E-state index contributed by atoms with van der Waals surface area (Å²) in [4.78, 5) is 23.7. The molecule has 0 radical (unpaired) electrons. The molecule has 0 aliphatic rings. The summed E-state index contributed by atoms with van der Waals surface area (Å²) in [5, 5.41) is 13.5. The Kier molecular flexibility index (Phi) is 6.21. The lowest BCUT2D eigenvalue weighted by Gasteiger charge is -2.07. The third-order valence-corrected chi connectivity index (χ3v) is 4.37. The van der Waals surface area contributed by atoms with Gasteiger partial charge in [-0.3, -0.25) is 9.59 Å². The van der Waals surface area contributed by atoms with E-state index < -0.39 is 11.7 Å². The van der Waals surface area contributed by atoms with E-state index in [1.54, 1.807) is 23.2 Å². The first-order valence-electron chi connectivity index (χ1n) is 7.95. The van der Waals surface area contributed by atoms with Gasteiger partial charge in [-0.15, -0.1) is 10.2 Å². The second kappa shape index (κ2) is 8.99. The molecule has 140 valence electrons. The van der Waals surface area contributed by atoms with E-state index in [2.05, 4.69) is 20.8 Å². The molecule has 2 N–H and O–H groups in total. The topological polar surface area (TPSA) is 102 Å². The highest BCUT2D eigenvalue weighted by Crippen LogP contribution is 2.16. The number of amides is 2. The molecule has 0 unspecified atom stereocenters. The second-order valence-corrected chi connectivity index (χ2v) is 6.38. The maximum Gasteiger partial charge on any atom is 0.243 e. The fraction of sp³-hybridized carbons (Fsp3) is 0.176. The molecule has 0 aliphatic carbocycles. The lowest BCUT2D eigenvalue weighted by Crippen LogP contribution is -2.33. The van der Waals surface area contributed by atoms with Gasteiger partial charge in [-0.05, 0) is 36.4 Å². The third kappa shape index (κ3) is 5.68. The molecular weight excluding hydrogens is 373 g/mol. The lowest BCUT2D eigenvalue weighted by atomic mass is 10.3. The van der Waals surface area contributed by atoms with Crippen molar-refractivity contribution in [3.05, 3.63) is 60.6 Å². The van der Waals surface area contributed by atoms with Gasteiger partial charge in [0.25, 0.3) is 0 Å². The monoisotopic (exact) mass is 389 g/mol. The van der Waals surface area contributed by atoms with Gasteiger partial charge in [0.05, 0.1) is 25.1 Å². The van der Waals surface area contributed by atoms with Gasteiger partial charge in [-0.25, -0.2) is 4.39 Å². The minimum absolute atomic E-state index is 0.0840. The Labute approximate surface area is 158 Å². The van der Waals surface area contributed by atoms with Gasteiger partial charge in [0.2, 0.25) is 11.8 Å². The molecule has 0 atom stereocenters. The number of carbonyl (C=O) groups is 2. The Hall–Kier alpha value is -3.14. The summed E-state index contributed by atoms with van der Waals surface area (Å²) in [6.45, 7) is 0.278. The van der Waals surface area contributed by atoms with Crippen LogP contribution in [0.4, 0.5) is 10.1 Å². The van der Waals surface area contributed by atoms with Crippen LogP contribution >= 0.6 is 11.8 Å². The number of rotatable bonds is 8. The van der Waals surface area contributed by atoms with Crippen LogP contribution in [0, 0.1) is 5.82 Å². The molecule has 0 fully saturated rings. The Balaban J connectivity index is 1.41. The number of thioether (sulfide) groups is 1. The highest BCUT2D eigenvalue weighted by molar-refractivity contribution is 7.99. The smallest absolute Gasteiger partial charge is 0.243 e. The van der Waals surface area contributed by atoms with Crippen LogP contribution in [0.2, 0.25) is 0 Å². The van der Waals surface area contributed by atoms with Crippen molar-refractivity contribution in [1.29, 1.82) is 0 Å². The van der Waals surface area contributed by atoms with E-state index in [4.69, 9.17) is 4.42 Å². The van der Waals surface area contributed by atoms with E-state index >= 15 is 0 Å². The van der Waals surface area contributed by atoms with Crippen LogP contribution in [0.25, 0.3) is 0 Å². The molecule has 0 saturated heterocycles. The first-order valence-corrected chi connectivity index (χ1v) is 8.94. The van der Waals surface area contributed by atoms with Gasteiger partial charge in [0, 0.05) is 5.69 Å². The zero-order valence-corrected chi connectivity index (χ0v) is 14.9. The summed E-state index contributed by atoms with van der Waals surface area (Å²) >= 11 is 1.20. The van der Waals surface area contributed by atoms with Crippen molar-refractivity contribution in [2.45, 2.75) is 11.7 Å². The zero-order valence-electron chi connectivity index (χ0n) is 14.1. The summed E-state index contributed by atoms with van der Waals surface area (Å²) in [6, 6.07) is 8.98. The first kappa shape index (κ1) is 18.6. The number of nitrogens with zero attached hydrogens (tertiary/aromatic N) is 3. The molecule has 2 amide bonds. The van der Waals surface area contributed by atoms with Gasteiger partial charge < -0.3 is 19.6 Å². The molecule has 0 bridgehead atoms. The Bertz CT molecular complexity index is 896. The average molecular weight is 389 g/mol. The fourth-order valence-corrected chi connectivity index (χ4v) is 2.88. The van der Waals surface area contributed by atoms with Crippen molar-refractivity contribution < 1.29 is 18.4 Å². The van der Waals surface area contributed by atoms with Crippen molar-refractivity contribution >= 4 is 29.3 Å². The normalized spacial score (nSPS) is 10.6. The Morgan fingerprint density at radius 2 is 2.00 bits per heavy atom. The molecule has 2 heterocycles. The molecule has 8 nitrogen and oxygen atoms in total. The molecular formula is C17H16FN5O3S. The Morgan fingerprint density at radius 3 is 2.74 bits per heavy atom. The van der Waals surface area contributed by atoms with E-state index in [0.717, 1.165) is 5.76 Å². The maximum absolute atomic E-state index is 12.8. The highest BCUT2D eigenvalue weighted by atomic mass is 32.2. The standard InChI is InChI=1S/C17H16FN5O3S/c18-12-3-5-13(6-4-12)21-15(24)8-19-16(25)10-27-17-22-20-11-23(17)9-14-2-1-7-26-14/h1-7,11H,8-10H2,(H,19,25)(H,21,24). The molecule has 1 aromatic carbocycles. The summed E-state index contributed by atoms with van der Waals surface area (Å²) < 4.78 is 19.9. The molecule has 10 heteroatoms. The quantitative estimate of drug-likeness (QED) is 0.571. The predicted octanol–water partition coefficient (Wildman–Crippen LogP) is 1.91. The third-order valence-electron chi connectivity index (χ3n) is 3.39. The molecule has 3 aromatic rings. The molecule has 0 saturated carbocycles. The largest absolute Gasteiger partial charge is 0.467 e. The number of aromatic nitrogens is 3. The number of carbonyl (C=O) groups excluding carboxylic acids is 2. The van der Waals surface area contributed by atoms with E-state index in [-0.39, 0.29) is 18.2 Å². The Morgan fingerprint density at radius 1 is 1.19 bits per heavy atom. The van der Waals surface area contributed by atoms with Gasteiger partial charge >= 0.3 is 0 Å². The van der Waals surface area contributed by atoms with Crippen LogP contribution in [0.1, 0.15) is 5.76 Å². The lowest BCUT2D eigenvalue weighted by molar-refractivity contribution is -0.122. The van der Waals surface area contributed by atoms with E-state index in [1.807, 2.05) is 6.07 Å². The average Bonchev–Trinajstić information content (AvgIpc) is 3.33. The minimum atomic E-state index is -0.402. The van der Waals surface area contributed by atoms with Crippen LogP contribution in [-0.4, -0.2) is 38.9 Å². The maximum atomic E-state index is 12.8. The summed E-state index contributed by atoms with van der Waals surface area (Å²) in [5.41, 5.74) is 0.455. The van der Waals surface area contributed by atoms with Crippen molar-refractivity contribution in [2.24, 2.45) is 0 Å². The van der Waals surface area contributed by atoms with Crippen molar-refractivity contribution in [2.75, 3.05) is 17.6 Å². The number of furan rings is 1. The summed E-state index contributed by atoms with van der Waals surface area (Å²) in [7, 11) is 0. The van der Waals surface area contributed by atoms with E-state index in [0.29, 0.717) is 17.4 Å². The zero-order chi connectivity index (χ0) is 19.1. The van der Waals surface area contributed by atoms with Gasteiger partial charge in [0.1, 0.15) is 17.9 Å². The number of hydrogen-bond acceptors (Lipinski definition) is 6. The minimum Gasteiger partial charge on any atom is -0.467 e. The molecule has 2 aromatic heterocycles. The van der Waals surface area contributed by atoms with Crippen LogP contribution in [0.15, 0.2) is 58.6 Å². The number of anilines is 1. The second-order valence-electron chi connectivity index (χ2n) is 5.44. The molecule has 0 aliphatic heterocycles. The van der Waals surface area contributed by atoms with Crippen molar-refractivity contribution in [3.63, 3.8) is 0 Å². The van der Waals surface area contributed by atoms with Gasteiger partial charge in [-0.2, -0.15) is 0 Å². The first-order chi connectivity index (χ1) is 13.1. The van der Waals surface area contributed by atoms with E-state index in [9.17, 15) is 14.0 Å². The van der Waals surface area contributed by atoms with Crippen LogP contribution < -0.4 is 10.6 Å².